The van der Waals surface area contributed by atoms with Gasteiger partial charge in [-0.2, -0.15) is 0 Å². The van der Waals surface area contributed by atoms with E-state index in [0.29, 0.717) is 23.9 Å². The molecule has 1 heterocycles. The fraction of sp³-hybridized carbons (Fsp3) is 0.333. The van der Waals surface area contributed by atoms with E-state index >= 15 is 0 Å². The molecule has 0 aliphatic carbocycles. The van der Waals surface area contributed by atoms with Gasteiger partial charge >= 0.3 is 0 Å². The lowest BCUT2D eigenvalue weighted by atomic mass is 10.2. The summed E-state index contributed by atoms with van der Waals surface area (Å²) < 4.78 is 31.3. The molecule has 0 saturated heterocycles. The van der Waals surface area contributed by atoms with E-state index in [1.54, 1.807) is 17.5 Å². The third-order valence-corrected chi connectivity index (χ3v) is 5.59. The lowest BCUT2D eigenvalue weighted by Gasteiger charge is -2.08. The molecule has 0 aliphatic heterocycles. The van der Waals surface area contributed by atoms with Crippen LogP contribution in [0.3, 0.4) is 0 Å². The van der Waals surface area contributed by atoms with Gasteiger partial charge in [-0.1, -0.05) is 12.1 Å². The van der Waals surface area contributed by atoms with E-state index in [1.807, 2.05) is 0 Å². The summed E-state index contributed by atoms with van der Waals surface area (Å²) >= 11 is 1.33. The molecular weight excluding hydrogens is 364 g/mol. The van der Waals surface area contributed by atoms with Crippen LogP contribution < -0.4 is 15.8 Å². The number of hydrogen-bond acceptors (Lipinski definition) is 7. The molecule has 25 heavy (non-hydrogen) atoms. The molecule has 8 nitrogen and oxygen atoms in total. The van der Waals surface area contributed by atoms with Crippen LogP contribution in [0.15, 0.2) is 34.5 Å². The first-order valence-electron chi connectivity index (χ1n) is 7.46. The van der Waals surface area contributed by atoms with Crippen molar-refractivity contribution in [3.05, 3.63) is 45.9 Å². The van der Waals surface area contributed by atoms with Crippen LogP contribution in [0.5, 0.6) is 0 Å². The predicted molar refractivity (Wildman–Crippen MR) is 94.7 cm³/mol. The number of carbonyl (C=O) groups is 1. The molecule has 0 saturated carbocycles. The molecule has 1 aromatic heterocycles. The fourth-order valence-corrected chi connectivity index (χ4v) is 3.60. The topological polar surface area (TPSA) is 123 Å². The van der Waals surface area contributed by atoms with Crippen LogP contribution in [0.4, 0.5) is 0 Å². The molecule has 2 rings (SSSR count). The number of sulfonamides is 1. The van der Waals surface area contributed by atoms with Crippen molar-refractivity contribution in [1.29, 1.82) is 0 Å². The van der Waals surface area contributed by atoms with Crippen molar-refractivity contribution in [3.63, 3.8) is 0 Å². The van der Waals surface area contributed by atoms with E-state index in [9.17, 15) is 13.2 Å². The van der Waals surface area contributed by atoms with Gasteiger partial charge in [0.05, 0.1) is 11.5 Å². The van der Waals surface area contributed by atoms with Gasteiger partial charge in [0, 0.05) is 32.1 Å². The van der Waals surface area contributed by atoms with Gasteiger partial charge in [0.15, 0.2) is 0 Å². The van der Waals surface area contributed by atoms with Gasteiger partial charge in [-0.3, -0.25) is 4.79 Å². The molecule has 0 spiro atoms. The average Bonchev–Trinajstić information content (AvgIpc) is 3.09. The minimum absolute atomic E-state index is 0.158. The van der Waals surface area contributed by atoms with E-state index < -0.39 is 10.0 Å². The summed E-state index contributed by atoms with van der Waals surface area (Å²) in [5.74, 6) is -0.297. The minimum atomic E-state index is -3.56. The number of ether oxygens (including phenoxy) is 1. The third kappa shape index (κ3) is 5.58. The van der Waals surface area contributed by atoms with Crippen LogP contribution in [-0.2, 0) is 27.8 Å². The highest BCUT2D eigenvalue weighted by atomic mass is 32.2. The lowest BCUT2D eigenvalue weighted by molar-refractivity contribution is 0.0946. The number of nitrogens with one attached hydrogen (secondary N) is 2. The number of benzene rings is 1. The Balaban J connectivity index is 1.92. The smallest absolute Gasteiger partial charge is 0.271 e. The zero-order valence-electron chi connectivity index (χ0n) is 13.7. The van der Waals surface area contributed by atoms with Crippen LogP contribution >= 0.6 is 11.3 Å². The largest absolute Gasteiger partial charge is 0.383 e. The molecule has 0 radical (unpaired) electrons. The second kappa shape index (κ2) is 9.02. The number of nitrogens with zero attached hydrogens (tertiary/aromatic N) is 1. The van der Waals surface area contributed by atoms with Gasteiger partial charge in [-0.15, -0.1) is 11.3 Å². The Morgan fingerprint density at radius 2 is 2.04 bits per heavy atom. The van der Waals surface area contributed by atoms with Gasteiger partial charge in [-0.05, 0) is 17.7 Å². The van der Waals surface area contributed by atoms with Gasteiger partial charge in [0.1, 0.15) is 10.7 Å². The molecule has 0 bridgehead atoms. The Morgan fingerprint density at radius 1 is 1.32 bits per heavy atom. The number of methoxy groups -OCH3 is 1. The number of rotatable bonds is 9. The Bertz CT molecular complexity index is 803. The molecule has 0 aliphatic rings. The molecule has 1 aromatic carbocycles. The van der Waals surface area contributed by atoms with Crippen molar-refractivity contribution < 1.29 is 17.9 Å². The number of aromatic nitrogens is 1. The Labute approximate surface area is 150 Å². The first-order valence-corrected chi connectivity index (χ1v) is 9.82. The zero-order chi connectivity index (χ0) is 18.3. The number of carbonyl (C=O) groups excluding carboxylic acids is 1. The molecule has 10 heteroatoms. The summed E-state index contributed by atoms with van der Waals surface area (Å²) in [5, 5.41) is 5.08. The summed E-state index contributed by atoms with van der Waals surface area (Å²) in [6.45, 7) is 1.07. The van der Waals surface area contributed by atoms with Gasteiger partial charge in [-0.25, -0.2) is 18.1 Å². The standard InChI is InChI=1S/C15H20N4O4S2/c1-23-7-6-18-25(21,22)12-4-2-11(3-5-12)9-17-15(20)13-10-24-14(8-16)19-13/h2-5,10,18H,6-9,16H2,1H3,(H,17,20). The molecule has 4 N–H and O–H groups in total. The van der Waals surface area contributed by atoms with Crippen molar-refractivity contribution in [2.24, 2.45) is 5.73 Å². The molecule has 136 valence electrons. The van der Waals surface area contributed by atoms with Crippen LogP contribution in [0.1, 0.15) is 21.1 Å². The SMILES string of the molecule is COCCNS(=O)(=O)c1ccc(CNC(=O)c2csc(CN)n2)cc1. The summed E-state index contributed by atoms with van der Waals surface area (Å²) in [4.78, 5) is 16.3. The van der Waals surface area contributed by atoms with E-state index in [1.165, 1.54) is 30.6 Å². The highest BCUT2D eigenvalue weighted by Crippen LogP contribution is 2.11. The van der Waals surface area contributed by atoms with Gasteiger partial charge in [0.2, 0.25) is 10.0 Å². The Hall–Kier alpha value is -1.85. The van der Waals surface area contributed by atoms with E-state index in [2.05, 4.69) is 15.0 Å². The van der Waals surface area contributed by atoms with Crippen LogP contribution in [-0.4, -0.2) is 39.6 Å². The van der Waals surface area contributed by atoms with Crippen molar-refractivity contribution in [1.82, 2.24) is 15.0 Å². The zero-order valence-corrected chi connectivity index (χ0v) is 15.3. The van der Waals surface area contributed by atoms with E-state index in [4.69, 9.17) is 10.5 Å². The minimum Gasteiger partial charge on any atom is -0.383 e. The van der Waals surface area contributed by atoms with Crippen LogP contribution in [0, 0.1) is 0 Å². The normalized spacial score (nSPS) is 11.4. The first kappa shape index (κ1) is 19.5. The molecule has 0 fully saturated rings. The van der Waals surface area contributed by atoms with Crippen molar-refractivity contribution in [2.45, 2.75) is 18.0 Å². The van der Waals surface area contributed by atoms with Gasteiger partial charge < -0.3 is 15.8 Å². The highest BCUT2D eigenvalue weighted by molar-refractivity contribution is 7.89. The highest BCUT2D eigenvalue weighted by Gasteiger charge is 2.13. The number of hydrogen-bond donors (Lipinski definition) is 3. The molecule has 1 amide bonds. The summed E-state index contributed by atoms with van der Waals surface area (Å²) in [7, 11) is -2.06. The maximum atomic E-state index is 12.0. The predicted octanol–water partition coefficient (Wildman–Crippen LogP) is 0.456. The monoisotopic (exact) mass is 384 g/mol. The van der Waals surface area contributed by atoms with Crippen molar-refractivity contribution >= 4 is 27.3 Å². The maximum Gasteiger partial charge on any atom is 0.271 e. The molecule has 2 aromatic rings. The number of nitrogens with two attached hydrogens (primary N) is 1. The van der Waals surface area contributed by atoms with Crippen molar-refractivity contribution in [2.75, 3.05) is 20.3 Å². The van der Waals surface area contributed by atoms with Gasteiger partial charge in [0.25, 0.3) is 5.91 Å². The number of thiazole rings is 1. The van der Waals surface area contributed by atoms with Crippen LogP contribution in [0.25, 0.3) is 0 Å². The van der Waals surface area contributed by atoms with E-state index in [-0.39, 0.29) is 23.9 Å². The molecule has 0 unspecified atom stereocenters. The maximum absolute atomic E-state index is 12.0. The Morgan fingerprint density at radius 3 is 2.64 bits per heavy atom. The van der Waals surface area contributed by atoms with Crippen LogP contribution in [0.2, 0.25) is 0 Å². The third-order valence-electron chi connectivity index (χ3n) is 3.24. The number of amides is 1. The van der Waals surface area contributed by atoms with Crippen molar-refractivity contribution in [3.8, 4) is 0 Å². The molecule has 0 atom stereocenters. The fourth-order valence-electron chi connectivity index (χ4n) is 1.93. The first-order chi connectivity index (χ1) is 12.0. The average molecular weight is 384 g/mol. The second-order valence-electron chi connectivity index (χ2n) is 5.05. The summed E-state index contributed by atoms with van der Waals surface area (Å²) in [6, 6.07) is 6.28. The molecular formula is C15H20N4O4S2. The quantitative estimate of drug-likeness (QED) is 0.540. The van der Waals surface area contributed by atoms with E-state index in [0.717, 1.165) is 5.56 Å². The summed E-state index contributed by atoms with van der Waals surface area (Å²) in [6.07, 6.45) is 0. The lowest BCUT2D eigenvalue weighted by Crippen LogP contribution is -2.27. The summed E-state index contributed by atoms with van der Waals surface area (Å²) in [5.41, 5.74) is 6.57. The Kier molecular flexibility index (Phi) is 7.02. The second-order valence-corrected chi connectivity index (χ2v) is 7.76.